The van der Waals surface area contributed by atoms with Crippen LogP contribution in [-0.2, 0) is 20.2 Å². The number of aryl methyl sites for hydroxylation is 1. The number of aromatic nitrogens is 4. The van der Waals surface area contributed by atoms with E-state index in [1.165, 1.54) is 10.8 Å². The zero-order chi connectivity index (χ0) is 19.7. The first-order valence-corrected chi connectivity index (χ1v) is 9.01. The second-order valence-electron chi connectivity index (χ2n) is 6.85. The van der Waals surface area contributed by atoms with Crippen molar-refractivity contribution >= 4 is 0 Å². The molecule has 0 amide bonds. The number of hydrogen-bond acceptors (Lipinski definition) is 5. The van der Waals surface area contributed by atoms with Crippen LogP contribution in [0.5, 0.6) is 5.75 Å². The van der Waals surface area contributed by atoms with E-state index >= 15 is 0 Å². The Morgan fingerprint density at radius 1 is 1.25 bits per heavy atom. The Bertz CT molecular complexity index is 1160. The molecule has 0 spiro atoms. The fourth-order valence-electron chi connectivity index (χ4n) is 3.01. The third-order valence-electron chi connectivity index (χ3n) is 4.81. The highest BCUT2D eigenvalue weighted by molar-refractivity contribution is 5.28. The molecular formula is C20H19N5O3. The van der Waals surface area contributed by atoms with Crippen LogP contribution in [0.25, 0.3) is 0 Å². The summed E-state index contributed by atoms with van der Waals surface area (Å²) in [5.74, 6) is 1.48. The van der Waals surface area contributed by atoms with Crippen molar-refractivity contribution in [1.82, 2.24) is 18.7 Å². The molecule has 0 saturated heterocycles. The molecule has 0 N–H and O–H groups in total. The molecule has 2 heterocycles. The van der Waals surface area contributed by atoms with Gasteiger partial charge in [0.1, 0.15) is 29.8 Å². The average Bonchev–Trinajstić information content (AvgIpc) is 3.46. The normalized spacial score (nSPS) is 13.3. The molecule has 1 fully saturated rings. The minimum Gasteiger partial charge on any atom is -0.486 e. The first-order chi connectivity index (χ1) is 13.6. The fourth-order valence-corrected chi connectivity index (χ4v) is 3.01. The van der Waals surface area contributed by atoms with Crippen molar-refractivity contribution in [2.45, 2.75) is 32.0 Å². The Morgan fingerprint density at radius 3 is 2.61 bits per heavy atom. The van der Waals surface area contributed by atoms with Crippen LogP contribution in [0.2, 0.25) is 0 Å². The quantitative estimate of drug-likeness (QED) is 0.650. The topological polar surface area (TPSA) is 94.8 Å². The second-order valence-corrected chi connectivity index (χ2v) is 6.85. The summed E-state index contributed by atoms with van der Waals surface area (Å²) < 4.78 is 10.2. The van der Waals surface area contributed by atoms with Crippen LogP contribution in [0, 0.1) is 11.3 Å². The van der Waals surface area contributed by atoms with E-state index in [-0.39, 0.29) is 23.8 Å². The molecular weight excluding hydrogens is 358 g/mol. The molecule has 1 aromatic carbocycles. The predicted molar refractivity (Wildman–Crippen MR) is 101 cm³/mol. The molecule has 0 radical (unpaired) electrons. The SMILES string of the molecule is Cn1ccnc1COc1ccc(Cn2c(=O)c(C#N)cn(C3CC3)c2=O)cc1. The molecule has 1 aliphatic carbocycles. The first kappa shape index (κ1) is 17.8. The monoisotopic (exact) mass is 377 g/mol. The van der Waals surface area contributed by atoms with Crippen LogP contribution in [0.15, 0.2) is 52.4 Å². The van der Waals surface area contributed by atoms with Crippen molar-refractivity contribution in [3.05, 3.63) is 80.6 Å². The summed E-state index contributed by atoms with van der Waals surface area (Å²) in [4.78, 5) is 29.3. The zero-order valence-electron chi connectivity index (χ0n) is 15.4. The van der Waals surface area contributed by atoms with Crippen LogP contribution in [-0.4, -0.2) is 18.7 Å². The van der Waals surface area contributed by atoms with Gasteiger partial charge in [-0.3, -0.25) is 13.9 Å². The number of hydrogen-bond donors (Lipinski definition) is 0. The summed E-state index contributed by atoms with van der Waals surface area (Å²) in [5.41, 5.74) is -0.163. The molecule has 0 atom stereocenters. The van der Waals surface area contributed by atoms with Crippen molar-refractivity contribution in [1.29, 1.82) is 5.26 Å². The Morgan fingerprint density at radius 2 is 2.00 bits per heavy atom. The van der Waals surface area contributed by atoms with Gasteiger partial charge in [-0.2, -0.15) is 5.26 Å². The number of benzene rings is 1. The maximum Gasteiger partial charge on any atom is 0.331 e. The van der Waals surface area contributed by atoms with E-state index in [1.807, 2.05) is 23.9 Å². The van der Waals surface area contributed by atoms with Gasteiger partial charge in [-0.1, -0.05) is 12.1 Å². The number of rotatable bonds is 6. The van der Waals surface area contributed by atoms with E-state index in [2.05, 4.69) is 4.98 Å². The fraction of sp³-hybridized carbons (Fsp3) is 0.300. The summed E-state index contributed by atoms with van der Waals surface area (Å²) >= 11 is 0. The van der Waals surface area contributed by atoms with Crippen LogP contribution in [0.4, 0.5) is 0 Å². The maximum atomic E-state index is 12.7. The van der Waals surface area contributed by atoms with Crippen LogP contribution < -0.4 is 16.0 Å². The predicted octanol–water partition coefficient (Wildman–Crippen LogP) is 1.58. The van der Waals surface area contributed by atoms with E-state index in [4.69, 9.17) is 4.74 Å². The number of ether oxygens (including phenoxy) is 1. The molecule has 3 aromatic rings. The first-order valence-electron chi connectivity index (χ1n) is 9.01. The van der Waals surface area contributed by atoms with E-state index in [0.717, 1.165) is 28.8 Å². The van der Waals surface area contributed by atoms with E-state index in [0.29, 0.717) is 12.4 Å². The summed E-state index contributed by atoms with van der Waals surface area (Å²) in [6.07, 6.45) is 6.73. The van der Waals surface area contributed by atoms with Gasteiger partial charge in [0, 0.05) is 31.7 Å². The van der Waals surface area contributed by atoms with Crippen molar-refractivity contribution in [3.63, 3.8) is 0 Å². The minimum absolute atomic E-state index is 0.0125. The van der Waals surface area contributed by atoms with Crippen LogP contribution in [0.1, 0.15) is 35.8 Å². The Labute approximate surface area is 160 Å². The lowest BCUT2D eigenvalue weighted by Gasteiger charge is -2.11. The lowest BCUT2D eigenvalue weighted by molar-refractivity contribution is 0.291. The summed E-state index contributed by atoms with van der Waals surface area (Å²) in [6.45, 7) is 0.457. The zero-order valence-corrected chi connectivity index (χ0v) is 15.4. The van der Waals surface area contributed by atoms with Gasteiger partial charge in [0.05, 0.1) is 6.54 Å². The third-order valence-corrected chi connectivity index (χ3v) is 4.81. The lowest BCUT2D eigenvalue weighted by atomic mass is 10.2. The summed E-state index contributed by atoms with van der Waals surface area (Å²) in [7, 11) is 1.90. The van der Waals surface area contributed by atoms with Gasteiger partial charge in [0.15, 0.2) is 0 Å². The number of imidazole rings is 1. The molecule has 4 rings (SSSR count). The van der Waals surface area contributed by atoms with Crippen molar-refractivity contribution in [2.75, 3.05) is 0 Å². The molecule has 2 aromatic heterocycles. The van der Waals surface area contributed by atoms with Gasteiger partial charge >= 0.3 is 5.69 Å². The van der Waals surface area contributed by atoms with Crippen LogP contribution in [0.3, 0.4) is 0 Å². The van der Waals surface area contributed by atoms with Gasteiger partial charge in [0.25, 0.3) is 5.56 Å². The molecule has 142 valence electrons. The van der Waals surface area contributed by atoms with Crippen LogP contribution >= 0.6 is 0 Å². The van der Waals surface area contributed by atoms with Gasteiger partial charge in [0.2, 0.25) is 0 Å². The van der Waals surface area contributed by atoms with Gasteiger partial charge in [-0.15, -0.1) is 0 Å². The van der Waals surface area contributed by atoms with E-state index < -0.39 is 5.56 Å². The number of nitrogens with zero attached hydrogens (tertiary/aromatic N) is 5. The smallest absolute Gasteiger partial charge is 0.331 e. The number of nitriles is 1. The largest absolute Gasteiger partial charge is 0.486 e. The molecule has 0 bridgehead atoms. The van der Waals surface area contributed by atoms with Crippen molar-refractivity contribution in [2.24, 2.45) is 7.05 Å². The van der Waals surface area contributed by atoms with Gasteiger partial charge < -0.3 is 9.30 Å². The Balaban J connectivity index is 1.54. The molecule has 0 unspecified atom stereocenters. The average molecular weight is 377 g/mol. The highest BCUT2D eigenvalue weighted by Crippen LogP contribution is 2.33. The third kappa shape index (κ3) is 3.47. The Hall–Kier alpha value is -3.60. The van der Waals surface area contributed by atoms with E-state index in [9.17, 15) is 14.9 Å². The summed E-state index contributed by atoms with van der Waals surface area (Å²) in [5, 5.41) is 9.22. The molecule has 8 heteroatoms. The van der Waals surface area contributed by atoms with Gasteiger partial charge in [-0.25, -0.2) is 9.78 Å². The molecule has 1 aliphatic rings. The highest BCUT2D eigenvalue weighted by Gasteiger charge is 2.26. The van der Waals surface area contributed by atoms with Crippen molar-refractivity contribution < 1.29 is 4.74 Å². The second kappa shape index (κ2) is 7.19. The van der Waals surface area contributed by atoms with Gasteiger partial charge in [-0.05, 0) is 30.5 Å². The standard InChI is InChI=1S/C20H19N5O3/c1-23-9-8-22-18(23)13-28-17-6-2-14(3-7-17)11-25-19(26)15(10-21)12-24(20(25)27)16-4-5-16/h2-3,6-9,12,16H,4-5,11,13H2,1H3. The molecule has 0 aliphatic heterocycles. The summed E-state index contributed by atoms with van der Waals surface area (Å²) in [6, 6.07) is 9.17. The van der Waals surface area contributed by atoms with E-state index in [1.54, 1.807) is 30.5 Å². The Kier molecular flexibility index (Phi) is 4.57. The van der Waals surface area contributed by atoms with Crippen molar-refractivity contribution in [3.8, 4) is 11.8 Å². The molecule has 8 nitrogen and oxygen atoms in total. The molecule has 1 saturated carbocycles. The minimum atomic E-state index is -0.556. The maximum absolute atomic E-state index is 12.7. The molecule has 28 heavy (non-hydrogen) atoms. The highest BCUT2D eigenvalue weighted by atomic mass is 16.5. The lowest BCUT2D eigenvalue weighted by Crippen LogP contribution is -2.40.